The number of aldehydes is 1. The van der Waals surface area contributed by atoms with Gasteiger partial charge in [-0.3, -0.25) is 0 Å². The normalized spacial score (nSPS) is 44.3. The Hall–Kier alpha value is -0.0600. The summed E-state index contributed by atoms with van der Waals surface area (Å²) in [7, 11) is 0. The lowest BCUT2D eigenvalue weighted by atomic mass is 10.2. The molecule has 0 aromatic heterocycles. The average molecular weight is 188 g/mol. The van der Waals surface area contributed by atoms with Crippen LogP contribution < -0.4 is 0 Å². The predicted octanol–water partition coefficient (Wildman–Crippen LogP) is 0.821. The van der Waals surface area contributed by atoms with E-state index in [1.54, 1.807) is 11.8 Å². The number of carbonyl (C=O) groups is 1. The van der Waals surface area contributed by atoms with Gasteiger partial charge in [-0.05, 0) is 13.8 Å². The number of fused-ring (bicyclic) bond motifs is 1. The van der Waals surface area contributed by atoms with Gasteiger partial charge < -0.3 is 14.3 Å². The lowest BCUT2D eigenvalue weighted by Crippen LogP contribution is -2.28. The van der Waals surface area contributed by atoms with Crippen LogP contribution in [0, 0.1) is 0 Å². The van der Waals surface area contributed by atoms with E-state index in [0.717, 1.165) is 12.0 Å². The molecular weight excluding hydrogens is 176 g/mol. The van der Waals surface area contributed by atoms with Gasteiger partial charge in [0.1, 0.15) is 12.4 Å². The summed E-state index contributed by atoms with van der Waals surface area (Å²) in [5.41, 5.74) is 0. The molecule has 0 aromatic carbocycles. The fraction of sp³-hybridized carbons (Fsp3) is 0.875. The number of hydrogen-bond donors (Lipinski definition) is 0. The quantitative estimate of drug-likeness (QED) is 0.571. The summed E-state index contributed by atoms with van der Waals surface area (Å²) in [6.07, 6.45) is 1.04. The van der Waals surface area contributed by atoms with E-state index in [2.05, 4.69) is 0 Å². The van der Waals surface area contributed by atoms with Crippen molar-refractivity contribution in [2.45, 2.75) is 37.1 Å². The molecule has 0 radical (unpaired) electrons. The Labute approximate surface area is 75.8 Å². The average Bonchev–Trinajstić information content (AvgIpc) is 2.42. The summed E-state index contributed by atoms with van der Waals surface area (Å²) in [6, 6.07) is 0. The Morgan fingerprint density at radius 1 is 1.50 bits per heavy atom. The van der Waals surface area contributed by atoms with Gasteiger partial charge in [0, 0.05) is 5.75 Å². The summed E-state index contributed by atoms with van der Waals surface area (Å²) < 4.78 is 11.2. The van der Waals surface area contributed by atoms with Crippen molar-refractivity contribution >= 4 is 18.0 Å². The second-order valence-electron chi connectivity index (χ2n) is 3.57. The summed E-state index contributed by atoms with van der Waals surface area (Å²) in [5, 5.41) is -0.0308. The van der Waals surface area contributed by atoms with E-state index in [1.807, 2.05) is 13.8 Å². The fourth-order valence-corrected chi connectivity index (χ4v) is 2.86. The number of hydrogen-bond acceptors (Lipinski definition) is 4. The van der Waals surface area contributed by atoms with E-state index >= 15 is 0 Å². The molecule has 2 aliphatic rings. The van der Waals surface area contributed by atoms with Crippen LogP contribution in [-0.4, -0.2) is 35.3 Å². The van der Waals surface area contributed by atoms with Gasteiger partial charge >= 0.3 is 0 Å². The third-order valence-corrected chi connectivity index (χ3v) is 3.42. The van der Waals surface area contributed by atoms with Crippen LogP contribution in [0.15, 0.2) is 0 Å². The summed E-state index contributed by atoms with van der Waals surface area (Å²) in [4.78, 5) is 10.6. The molecule has 0 aliphatic carbocycles. The first-order chi connectivity index (χ1) is 5.62. The van der Waals surface area contributed by atoms with Crippen LogP contribution in [0.5, 0.6) is 0 Å². The Bertz CT molecular complexity index is 204. The van der Waals surface area contributed by atoms with Crippen LogP contribution in [0.3, 0.4) is 0 Å². The smallest absolute Gasteiger partial charge is 0.163 e. The summed E-state index contributed by atoms with van der Waals surface area (Å²) >= 11 is 1.62. The van der Waals surface area contributed by atoms with Crippen molar-refractivity contribution in [3.63, 3.8) is 0 Å². The number of rotatable bonds is 1. The molecule has 2 rings (SSSR count). The first-order valence-electron chi connectivity index (χ1n) is 4.05. The van der Waals surface area contributed by atoms with Gasteiger partial charge in [-0.25, -0.2) is 0 Å². The van der Waals surface area contributed by atoms with E-state index in [9.17, 15) is 4.79 Å². The Morgan fingerprint density at radius 3 is 2.92 bits per heavy atom. The summed E-state index contributed by atoms with van der Waals surface area (Å²) in [5.74, 6) is 0.370. The Balaban J connectivity index is 2.11. The second-order valence-corrected chi connectivity index (χ2v) is 4.78. The maximum Gasteiger partial charge on any atom is 0.163 e. The van der Waals surface area contributed by atoms with Crippen LogP contribution in [0.1, 0.15) is 13.8 Å². The maximum atomic E-state index is 10.6. The zero-order chi connectivity index (χ0) is 8.77. The van der Waals surface area contributed by atoms with Gasteiger partial charge in [-0.15, -0.1) is 11.8 Å². The third-order valence-electron chi connectivity index (χ3n) is 2.13. The molecule has 2 heterocycles. The van der Waals surface area contributed by atoms with Gasteiger partial charge in [-0.2, -0.15) is 0 Å². The number of ether oxygens (including phenoxy) is 2. The zero-order valence-corrected chi connectivity index (χ0v) is 7.97. The SMILES string of the molecule is CC1(C)OC2CSC(C=O)C2O1. The zero-order valence-electron chi connectivity index (χ0n) is 7.15. The second kappa shape index (κ2) is 2.72. The molecule has 3 atom stereocenters. The van der Waals surface area contributed by atoms with E-state index < -0.39 is 5.79 Å². The van der Waals surface area contributed by atoms with Crippen molar-refractivity contribution in [1.82, 2.24) is 0 Å². The molecule has 0 spiro atoms. The minimum atomic E-state index is -0.502. The molecule has 12 heavy (non-hydrogen) atoms. The molecule has 0 aromatic rings. The van der Waals surface area contributed by atoms with Crippen molar-refractivity contribution < 1.29 is 14.3 Å². The molecule has 0 amide bonds. The monoisotopic (exact) mass is 188 g/mol. The van der Waals surface area contributed by atoms with Crippen molar-refractivity contribution in [3.8, 4) is 0 Å². The molecule has 68 valence electrons. The Kier molecular flexibility index (Phi) is 1.93. The van der Waals surface area contributed by atoms with Gasteiger partial charge in [0.2, 0.25) is 0 Å². The predicted molar refractivity (Wildman–Crippen MR) is 46.1 cm³/mol. The van der Waals surface area contributed by atoms with Gasteiger partial charge in [0.15, 0.2) is 5.79 Å². The Morgan fingerprint density at radius 2 is 2.25 bits per heavy atom. The van der Waals surface area contributed by atoms with E-state index in [4.69, 9.17) is 9.47 Å². The first kappa shape index (κ1) is 8.53. The van der Waals surface area contributed by atoms with Gasteiger partial charge in [0.25, 0.3) is 0 Å². The van der Waals surface area contributed by atoms with Crippen molar-refractivity contribution in [3.05, 3.63) is 0 Å². The van der Waals surface area contributed by atoms with Gasteiger partial charge in [0.05, 0.1) is 11.4 Å². The van der Waals surface area contributed by atoms with Crippen molar-refractivity contribution in [2.24, 2.45) is 0 Å². The van der Waals surface area contributed by atoms with Crippen LogP contribution in [0.4, 0.5) is 0 Å². The lowest BCUT2D eigenvalue weighted by molar-refractivity contribution is -0.146. The minimum Gasteiger partial charge on any atom is -0.344 e. The third kappa shape index (κ3) is 1.28. The molecule has 0 bridgehead atoms. The van der Waals surface area contributed by atoms with E-state index in [0.29, 0.717) is 0 Å². The summed E-state index contributed by atoms with van der Waals surface area (Å²) in [6.45, 7) is 3.77. The molecule has 4 heteroatoms. The molecule has 3 nitrogen and oxygen atoms in total. The van der Waals surface area contributed by atoms with E-state index in [1.165, 1.54) is 0 Å². The molecule has 3 unspecified atom stereocenters. The van der Waals surface area contributed by atoms with Crippen LogP contribution in [0.2, 0.25) is 0 Å². The molecule has 0 N–H and O–H groups in total. The minimum absolute atomic E-state index is 0.0255. The van der Waals surface area contributed by atoms with E-state index in [-0.39, 0.29) is 17.5 Å². The highest BCUT2D eigenvalue weighted by Gasteiger charge is 2.49. The number of thioether (sulfide) groups is 1. The molecule has 0 saturated carbocycles. The highest BCUT2D eigenvalue weighted by molar-refractivity contribution is 8.00. The highest BCUT2D eigenvalue weighted by Crippen LogP contribution is 2.40. The van der Waals surface area contributed by atoms with Gasteiger partial charge in [-0.1, -0.05) is 0 Å². The standard InChI is InChI=1S/C8H12O3S/c1-8(2)10-5-4-12-6(3-9)7(5)11-8/h3,5-7H,4H2,1-2H3. The topological polar surface area (TPSA) is 35.5 Å². The molecule has 2 fully saturated rings. The molecular formula is C8H12O3S. The number of carbonyl (C=O) groups excluding carboxylic acids is 1. The highest BCUT2D eigenvalue weighted by atomic mass is 32.2. The largest absolute Gasteiger partial charge is 0.344 e. The molecule has 2 saturated heterocycles. The molecule has 2 aliphatic heterocycles. The fourth-order valence-electron chi connectivity index (χ4n) is 1.69. The first-order valence-corrected chi connectivity index (χ1v) is 5.10. The van der Waals surface area contributed by atoms with Crippen LogP contribution in [-0.2, 0) is 14.3 Å². The van der Waals surface area contributed by atoms with Crippen LogP contribution >= 0.6 is 11.8 Å². The van der Waals surface area contributed by atoms with Crippen molar-refractivity contribution in [2.75, 3.05) is 5.75 Å². The van der Waals surface area contributed by atoms with Crippen molar-refractivity contribution in [1.29, 1.82) is 0 Å². The maximum absolute atomic E-state index is 10.6. The lowest BCUT2D eigenvalue weighted by Gasteiger charge is -2.19. The van der Waals surface area contributed by atoms with Crippen LogP contribution in [0.25, 0.3) is 0 Å².